The van der Waals surface area contributed by atoms with Crippen molar-refractivity contribution < 1.29 is 29.3 Å². The van der Waals surface area contributed by atoms with Crippen LogP contribution in [-0.2, 0) is 16.0 Å². The van der Waals surface area contributed by atoms with E-state index < -0.39 is 24.2 Å². The maximum Gasteiger partial charge on any atom is 0.247 e. The molecule has 1 aliphatic heterocycles. The van der Waals surface area contributed by atoms with Crippen LogP contribution in [0.4, 0.5) is 0 Å². The third kappa shape index (κ3) is 6.03. The predicted octanol–water partition coefficient (Wildman–Crippen LogP) is 3.36. The van der Waals surface area contributed by atoms with Crippen LogP contribution in [0, 0.1) is 5.92 Å². The van der Waals surface area contributed by atoms with Gasteiger partial charge < -0.3 is 29.9 Å². The SMILES string of the molecule is COc1cccc(CCN(C(=O)CCC2CCCC2)[C@@H]2C=C(C(=O)NCCO)[C@@H]3c4ccccc4O[C@@H]3[C@H]2O)c1. The van der Waals surface area contributed by atoms with Gasteiger partial charge in [0.15, 0.2) is 0 Å². The Morgan fingerprint density at radius 1 is 1.12 bits per heavy atom. The highest BCUT2D eigenvalue weighted by Gasteiger charge is 2.50. The molecule has 8 nitrogen and oxygen atoms in total. The van der Waals surface area contributed by atoms with Crippen LogP contribution in [0.25, 0.3) is 0 Å². The summed E-state index contributed by atoms with van der Waals surface area (Å²) in [4.78, 5) is 28.9. The van der Waals surface area contributed by atoms with Crippen LogP contribution in [0.1, 0.15) is 55.6 Å². The number of aliphatic hydroxyl groups is 2. The molecule has 2 aromatic rings. The first kappa shape index (κ1) is 28.2. The molecule has 1 saturated carbocycles. The quantitative estimate of drug-likeness (QED) is 0.398. The van der Waals surface area contributed by atoms with Crippen molar-refractivity contribution in [3.8, 4) is 11.5 Å². The van der Waals surface area contributed by atoms with E-state index in [9.17, 15) is 19.8 Å². The number of amides is 2. The Bertz CT molecular complexity index is 1220. The molecule has 4 atom stereocenters. The number of ether oxygens (including phenoxy) is 2. The van der Waals surface area contributed by atoms with Gasteiger partial charge in [-0.2, -0.15) is 0 Å². The van der Waals surface area contributed by atoms with Gasteiger partial charge in [-0.3, -0.25) is 9.59 Å². The summed E-state index contributed by atoms with van der Waals surface area (Å²) < 4.78 is 11.6. The minimum absolute atomic E-state index is 0.0285. The molecule has 0 bridgehead atoms. The normalized spacial score (nSPS) is 23.5. The van der Waals surface area contributed by atoms with Gasteiger partial charge in [0.05, 0.1) is 25.7 Å². The van der Waals surface area contributed by atoms with E-state index in [1.54, 1.807) is 18.1 Å². The maximum atomic E-state index is 13.8. The summed E-state index contributed by atoms with van der Waals surface area (Å²) in [5, 5.41) is 23.8. The summed E-state index contributed by atoms with van der Waals surface area (Å²) in [6, 6.07) is 14.5. The van der Waals surface area contributed by atoms with E-state index in [2.05, 4.69) is 5.32 Å². The number of rotatable bonds is 11. The molecule has 8 heteroatoms. The van der Waals surface area contributed by atoms with E-state index >= 15 is 0 Å². The van der Waals surface area contributed by atoms with Gasteiger partial charge in [0, 0.05) is 30.6 Å². The molecule has 2 amide bonds. The number of aliphatic hydroxyl groups excluding tert-OH is 2. The molecule has 0 unspecified atom stereocenters. The van der Waals surface area contributed by atoms with Gasteiger partial charge >= 0.3 is 0 Å². The number of methoxy groups -OCH3 is 1. The fourth-order valence-electron chi connectivity index (χ4n) is 6.48. The van der Waals surface area contributed by atoms with Crippen LogP contribution >= 0.6 is 0 Å². The fraction of sp³-hybridized carbons (Fsp3) is 0.500. The zero-order valence-electron chi connectivity index (χ0n) is 23.1. The number of carbonyl (C=O) groups is 2. The largest absolute Gasteiger partial charge is 0.497 e. The Morgan fingerprint density at radius 3 is 2.70 bits per heavy atom. The monoisotopic (exact) mass is 548 g/mol. The second kappa shape index (κ2) is 12.9. The molecule has 5 rings (SSSR count). The molecule has 0 saturated heterocycles. The molecular formula is C32H40N2O6. The lowest BCUT2D eigenvalue weighted by Crippen LogP contribution is -2.56. The van der Waals surface area contributed by atoms with Crippen LogP contribution in [0.3, 0.4) is 0 Å². The molecule has 0 aromatic heterocycles. The van der Waals surface area contributed by atoms with E-state index in [0.717, 1.165) is 36.1 Å². The second-order valence-electron chi connectivity index (χ2n) is 11.1. The lowest BCUT2D eigenvalue weighted by molar-refractivity contribution is -0.137. The average Bonchev–Trinajstić information content (AvgIpc) is 3.64. The molecule has 3 N–H and O–H groups in total. The summed E-state index contributed by atoms with van der Waals surface area (Å²) in [7, 11) is 1.63. The van der Waals surface area contributed by atoms with Crippen LogP contribution in [0.15, 0.2) is 60.2 Å². The first-order valence-corrected chi connectivity index (χ1v) is 14.5. The van der Waals surface area contributed by atoms with E-state index in [4.69, 9.17) is 9.47 Å². The van der Waals surface area contributed by atoms with Crippen molar-refractivity contribution in [3.05, 3.63) is 71.3 Å². The van der Waals surface area contributed by atoms with Gasteiger partial charge in [-0.1, -0.05) is 56.0 Å². The molecule has 40 heavy (non-hydrogen) atoms. The van der Waals surface area contributed by atoms with Gasteiger partial charge in [-0.05, 0) is 48.6 Å². The van der Waals surface area contributed by atoms with E-state index in [0.29, 0.717) is 36.6 Å². The Labute approximate surface area is 236 Å². The standard InChI is InChI=1S/C32H40N2O6/c1-39-23-10-6-9-22(19-23)15-17-34(28(36)14-13-21-7-2-3-8-21)26-20-25(32(38)33-16-18-35)29-24-11-4-5-12-27(24)40-31(29)30(26)37/h4-6,9-12,19-21,26,29-31,35,37H,2-3,7-8,13-18H2,1H3,(H,33,38)/t26-,29+,30+,31+/m1/s1. The van der Waals surface area contributed by atoms with Gasteiger partial charge in [0.1, 0.15) is 23.7 Å². The zero-order valence-corrected chi connectivity index (χ0v) is 23.1. The minimum atomic E-state index is -1.02. The smallest absolute Gasteiger partial charge is 0.247 e. The van der Waals surface area contributed by atoms with E-state index in [1.807, 2.05) is 48.5 Å². The van der Waals surface area contributed by atoms with Crippen LogP contribution in [0.2, 0.25) is 0 Å². The first-order valence-electron chi connectivity index (χ1n) is 14.5. The van der Waals surface area contributed by atoms with Crippen molar-refractivity contribution in [2.24, 2.45) is 5.92 Å². The molecule has 0 radical (unpaired) electrons. The Balaban J connectivity index is 1.45. The third-order valence-electron chi connectivity index (χ3n) is 8.57. The minimum Gasteiger partial charge on any atom is -0.497 e. The third-order valence-corrected chi connectivity index (χ3v) is 8.57. The molecule has 2 aromatic carbocycles. The molecule has 1 heterocycles. The lowest BCUT2D eigenvalue weighted by Gasteiger charge is -2.41. The first-order chi connectivity index (χ1) is 19.5. The second-order valence-corrected chi connectivity index (χ2v) is 11.1. The number of fused-ring (bicyclic) bond motifs is 3. The molecular weight excluding hydrogens is 508 g/mol. The molecule has 1 fully saturated rings. The summed E-state index contributed by atoms with van der Waals surface area (Å²) in [5.41, 5.74) is 2.31. The topological polar surface area (TPSA) is 108 Å². The number of nitrogens with zero attached hydrogens (tertiary/aromatic N) is 1. The Kier molecular flexibility index (Phi) is 9.07. The Morgan fingerprint density at radius 2 is 1.93 bits per heavy atom. The van der Waals surface area contributed by atoms with Crippen molar-refractivity contribution >= 4 is 11.8 Å². The van der Waals surface area contributed by atoms with Gasteiger partial charge in [0.2, 0.25) is 11.8 Å². The highest BCUT2D eigenvalue weighted by Crippen LogP contribution is 2.47. The van der Waals surface area contributed by atoms with Crippen molar-refractivity contribution in [1.29, 1.82) is 0 Å². The highest BCUT2D eigenvalue weighted by atomic mass is 16.5. The lowest BCUT2D eigenvalue weighted by atomic mass is 9.77. The summed E-state index contributed by atoms with van der Waals surface area (Å²) in [6.07, 6.45) is 6.60. The number of hydrogen-bond donors (Lipinski definition) is 3. The summed E-state index contributed by atoms with van der Waals surface area (Å²) in [5.74, 6) is 1.12. The van der Waals surface area contributed by atoms with Gasteiger partial charge in [0.25, 0.3) is 0 Å². The van der Waals surface area contributed by atoms with Crippen LogP contribution < -0.4 is 14.8 Å². The summed E-state index contributed by atoms with van der Waals surface area (Å²) >= 11 is 0. The zero-order chi connectivity index (χ0) is 28.1. The maximum absolute atomic E-state index is 13.8. The van der Waals surface area contributed by atoms with Crippen molar-refractivity contribution in [1.82, 2.24) is 10.2 Å². The fourth-order valence-corrected chi connectivity index (χ4v) is 6.48. The highest BCUT2D eigenvalue weighted by molar-refractivity contribution is 5.96. The van der Waals surface area contributed by atoms with Gasteiger partial charge in [-0.15, -0.1) is 0 Å². The number of para-hydroxylation sites is 1. The average molecular weight is 549 g/mol. The van der Waals surface area contributed by atoms with Crippen molar-refractivity contribution in [2.45, 2.75) is 69.1 Å². The molecule has 0 spiro atoms. The molecule has 3 aliphatic rings. The number of nitrogens with one attached hydrogen (secondary N) is 1. The molecule has 214 valence electrons. The molecule has 2 aliphatic carbocycles. The number of carbonyl (C=O) groups excluding carboxylic acids is 2. The van der Waals surface area contributed by atoms with E-state index in [-0.39, 0.29) is 25.0 Å². The number of hydrogen-bond acceptors (Lipinski definition) is 6. The predicted molar refractivity (Wildman–Crippen MR) is 151 cm³/mol. The van der Waals surface area contributed by atoms with Crippen molar-refractivity contribution in [2.75, 3.05) is 26.8 Å². The van der Waals surface area contributed by atoms with Crippen molar-refractivity contribution in [3.63, 3.8) is 0 Å². The summed E-state index contributed by atoms with van der Waals surface area (Å²) in [6.45, 7) is 0.312. The van der Waals surface area contributed by atoms with Crippen LogP contribution in [-0.4, -0.2) is 72.0 Å². The van der Waals surface area contributed by atoms with E-state index in [1.165, 1.54) is 12.8 Å². The Hall–Kier alpha value is -3.36. The van der Waals surface area contributed by atoms with Gasteiger partial charge in [-0.25, -0.2) is 0 Å². The number of benzene rings is 2. The van der Waals surface area contributed by atoms with Crippen LogP contribution in [0.5, 0.6) is 11.5 Å².